The number of esters is 1. The van der Waals surface area contributed by atoms with E-state index in [1.165, 1.54) is 17.1 Å². The lowest BCUT2D eigenvalue weighted by molar-refractivity contribution is -0.143. The van der Waals surface area contributed by atoms with Crippen LogP contribution in [-0.4, -0.2) is 78.6 Å². The van der Waals surface area contributed by atoms with Crippen molar-refractivity contribution in [3.8, 4) is 0 Å². The summed E-state index contributed by atoms with van der Waals surface area (Å²) in [6.45, 7) is 12.1. The minimum atomic E-state index is -1.00. The van der Waals surface area contributed by atoms with Gasteiger partial charge in [-0.05, 0) is 24.8 Å². The minimum absolute atomic E-state index is 0.00356. The Morgan fingerprint density at radius 3 is 2.23 bits per heavy atom. The molecule has 11 heteroatoms. The number of nitrogens with zero attached hydrogens (tertiary/aromatic N) is 1. The highest BCUT2D eigenvalue weighted by molar-refractivity contribution is 5.98. The fourth-order valence-corrected chi connectivity index (χ4v) is 4.02. The number of carbonyl (C=O) groups is 5. The highest BCUT2D eigenvalue weighted by Crippen LogP contribution is 2.30. The maximum absolute atomic E-state index is 13.3. The molecule has 0 aromatic heterocycles. The number of hydrogen-bond acceptors (Lipinski definition) is 7. The highest BCUT2D eigenvalue weighted by atomic mass is 16.5. The van der Waals surface area contributed by atoms with Gasteiger partial charge in [0.1, 0.15) is 37.9 Å². The molecule has 0 unspecified atom stereocenters. The molecule has 1 aromatic carbocycles. The quantitative estimate of drug-likeness (QED) is 0.173. The van der Waals surface area contributed by atoms with Gasteiger partial charge in [0, 0.05) is 6.42 Å². The van der Waals surface area contributed by atoms with E-state index in [4.69, 9.17) is 9.47 Å². The van der Waals surface area contributed by atoms with Gasteiger partial charge in [-0.2, -0.15) is 0 Å². The van der Waals surface area contributed by atoms with Crippen LogP contribution in [0.1, 0.15) is 32.8 Å². The first-order valence-electron chi connectivity index (χ1n) is 12.8. The van der Waals surface area contributed by atoms with Gasteiger partial charge in [0.05, 0.1) is 6.04 Å². The van der Waals surface area contributed by atoms with Crippen molar-refractivity contribution in [2.24, 2.45) is 5.92 Å². The molecular weight excluding hydrogens is 504 g/mol. The molecule has 1 aliphatic heterocycles. The Hall–Kier alpha value is -4.15. The van der Waals surface area contributed by atoms with Crippen molar-refractivity contribution in [1.82, 2.24) is 20.9 Å². The fourth-order valence-electron chi connectivity index (χ4n) is 4.02. The van der Waals surface area contributed by atoms with Crippen LogP contribution in [0.4, 0.5) is 4.79 Å². The molecule has 4 atom stereocenters. The van der Waals surface area contributed by atoms with Gasteiger partial charge in [0.2, 0.25) is 17.7 Å². The zero-order valence-electron chi connectivity index (χ0n) is 22.7. The van der Waals surface area contributed by atoms with E-state index >= 15 is 0 Å². The topological polar surface area (TPSA) is 143 Å². The Morgan fingerprint density at radius 1 is 0.974 bits per heavy atom. The molecule has 39 heavy (non-hydrogen) atoms. The largest absolute Gasteiger partial charge is 0.460 e. The van der Waals surface area contributed by atoms with Crippen LogP contribution in [0.15, 0.2) is 55.6 Å². The number of ether oxygens (including phenoxy) is 2. The molecule has 212 valence electrons. The van der Waals surface area contributed by atoms with Gasteiger partial charge in [-0.1, -0.05) is 69.5 Å². The lowest BCUT2D eigenvalue weighted by atomic mass is 10.0. The number of nitrogens with one attached hydrogen (secondary N) is 3. The van der Waals surface area contributed by atoms with Gasteiger partial charge in [-0.3, -0.25) is 19.2 Å². The number of alkyl carbamates (subject to hydrolysis) is 1. The predicted molar refractivity (Wildman–Crippen MR) is 144 cm³/mol. The monoisotopic (exact) mass is 542 g/mol. The van der Waals surface area contributed by atoms with Crippen molar-refractivity contribution < 1.29 is 33.4 Å². The lowest BCUT2D eigenvalue weighted by Gasteiger charge is -2.21. The van der Waals surface area contributed by atoms with E-state index in [2.05, 4.69) is 29.1 Å². The molecule has 0 bridgehead atoms. The van der Waals surface area contributed by atoms with Gasteiger partial charge in [-0.15, -0.1) is 0 Å². The van der Waals surface area contributed by atoms with Crippen LogP contribution in [0, 0.1) is 5.92 Å². The van der Waals surface area contributed by atoms with E-state index in [-0.39, 0.29) is 32.1 Å². The Labute approximate surface area is 229 Å². The Bertz CT molecular complexity index is 1040. The van der Waals surface area contributed by atoms with E-state index in [9.17, 15) is 24.0 Å². The van der Waals surface area contributed by atoms with Gasteiger partial charge in [0.25, 0.3) is 0 Å². The zero-order chi connectivity index (χ0) is 28.9. The Kier molecular flexibility index (Phi) is 12.2. The second kappa shape index (κ2) is 15.3. The third kappa shape index (κ3) is 9.91. The summed E-state index contributed by atoms with van der Waals surface area (Å²) in [6, 6.07) is 5.93. The molecule has 11 nitrogen and oxygen atoms in total. The smallest absolute Gasteiger partial charge is 0.408 e. The van der Waals surface area contributed by atoms with Crippen molar-refractivity contribution in [2.75, 3.05) is 19.8 Å². The van der Waals surface area contributed by atoms with Crippen molar-refractivity contribution in [3.63, 3.8) is 0 Å². The van der Waals surface area contributed by atoms with Gasteiger partial charge in [0.15, 0.2) is 0 Å². The van der Waals surface area contributed by atoms with Crippen LogP contribution in [0.5, 0.6) is 0 Å². The second-order valence-electron chi connectivity index (χ2n) is 9.58. The molecule has 1 heterocycles. The lowest BCUT2D eigenvalue weighted by Crippen LogP contribution is -2.51. The molecule has 1 aliphatic rings. The highest BCUT2D eigenvalue weighted by Gasteiger charge is 2.54. The van der Waals surface area contributed by atoms with E-state index in [1.807, 2.05) is 44.2 Å². The SMILES string of the molecule is C=CCOC(=O)CNC(=O)[C@H](Cc1ccccc1)NC(=O)[C@@H]1[C@H](C)N1C(=O)[C@H](CC(C)C)NC(=O)OCC=C. The average Bonchev–Trinajstić information content (AvgIpc) is 3.59. The first-order valence-corrected chi connectivity index (χ1v) is 12.8. The molecule has 4 amide bonds. The van der Waals surface area contributed by atoms with Crippen LogP contribution in [0.25, 0.3) is 0 Å². The van der Waals surface area contributed by atoms with Crippen molar-refractivity contribution in [3.05, 3.63) is 61.2 Å². The Balaban J connectivity index is 2.09. The molecule has 0 spiro atoms. The summed E-state index contributed by atoms with van der Waals surface area (Å²) in [5.41, 5.74) is 0.795. The van der Waals surface area contributed by atoms with E-state index in [0.717, 1.165) is 5.56 Å². The van der Waals surface area contributed by atoms with Crippen LogP contribution < -0.4 is 16.0 Å². The summed E-state index contributed by atoms with van der Waals surface area (Å²) in [5.74, 6) is -2.06. The summed E-state index contributed by atoms with van der Waals surface area (Å²) < 4.78 is 9.83. The standard InChI is InChI=1S/C28H38N4O7/c1-6-13-38-23(33)17-29-25(34)21(16-20-11-9-8-10-12-20)30-26(35)24-19(5)32(24)27(36)22(15-18(3)4)31-28(37)39-14-7-2/h6-12,18-19,21-22,24H,1-2,13-17H2,3-5H3,(H,29,34)(H,30,35)(H,31,37)/t19-,21-,22-,24-,32?/m0/s1. The summed E-state index contributed by atoms with van der Waals surface area (Å²) in [6.07, 6.45) is 2.59. The van der Waals surface area contributed by atoms with E-state index in [1.54, 1.807) is 6.92 Å². The van der Waals surface area contributed by atoms with Crippen molar-refractivity contribution in [2.45, 2.75) is 57.8 Å². The van der Waals surface area contributed by atoms with Crippen LogP contribution in [-0.2, 0) is 35.1 Å². The normalized spacial score (nSPS) is 17.3. The second-order valence-corrected chi connectivity index (χ2v) is 9.58. The molecule has 0 aliphatic carbocycles. The molecule has 1 aromatic rings. The number of benzene rings is 1. The molecule has 0 radical (unpaired) electrons. The van der Waals surface area contributed by atoms with Crippen LogP contribution in [0.2, 0.25) is 0 Å². The molecule has 2 rings (SSSR count). The summed E-state index contributed by atoms with van der Waals surface area (Å²) in [7, 11) is 0. The first-order chi connectivity index (χ1) is 18.6. The maximum Gasteiger partial charge on any atom is 0.408 e. The van der Waals surface area contributed by atoms with Crippen molar-refractivity contribution >= 4 is 29.8 Å². The number of rotatable bonds is 15. The number of amides is 4. The molecule has 1 saturated heterocycles. The minimum Gasteiger partial charge on any atom is -0.460 e. The van der Waals surface area contributed by atoms with Gasteiger partial charge >= 0.3 is 12.1 Å². The molecule has 1 fully saturated rings. The maximum atomic E-state index is 13.3. The molecule has 3 N–H and O–H groups in total. The number of hydrogen-bond donors (Lipinski definition) is 3. The fraction of sp³-hybridized carbons (Fsp3) is 0.464. The first kappa shape index (κ1) is 31.1. The summed E-state index contributed by atoms with van der Waals surface area (Å²) in [5, 5.41) is 7.78. The van der Waals surface area contributed by atoms with E-state index < -0.39 is 54.0 Å². The van der Waals surface area contributed by atoms with Gasteiger partial charge < -0.3 is 30.3 Å². The number of carbonyl (C=O) groups excluding carboxylic acids is 5. The van der Waals surface area contributed by atoms with Crippen molar-refractivity contribution in [1.29, 1.82) is 0 Å². The van der Waals surface area contributed by atoms with Crippen LogP contribution >= 0.6 is 0 Å². The summed E-state index contributed by atoms with van der Waals surface area (Å²) >= 11 is 0. The Morgan fingerprint density at radius 2 is 1.62 bits per heavy atom. The molecular formula is C28H38N4O7. The third-order valence-electron chi connectivity index (χ3n) is 5.94. The predicted octanol–water partition coefficient (Wildman–Crippen LogP) is 1.49. The van der Waals surface area contributed by atoms with Gasteiger partial charge in [-0.25, -0.2) is 4.79 Å². The summed E-state index contributed by atoms with van der Waals surface area (Å²) in [4.78, 5) is 64.7. The molecule has 0 saturated carbocycles. The van der Waals surface area contributed by atoms with E-state index in [0.29, 0.717) is 6.42 Å². The van der Waals surface area contributed by atoms with Crippen LogP contribution in [0.3, 0.4) is 0 Å². The third-order valence-corrected chi connectivity index (χ3v) is 5.94. The zero-order valence-corrected chi connectivity index (χ0v) is 22.7. The average molecular weight is 543 g/mol.